The van der Waals surface area contributed by atoms with Crippen molar-refractivity contribution in [2.45, 2.75) is 79.1 Å². The molecule has 0 saturated carbocycles. The Morgan fingerprint density at radius 2 is 0.578 bits per heavy atom. The molecule has 0 aliphatic rings. The highest BCUT2D eigenvalue weighted by Crippen LogP contribution is 2.47. The number of rotatable bonds is 14. The second-order valence-corrected chi connectivity index (χ2v) is 23.8. The van der Waals surface area contributed by atoms with Gasteiger partial charge < -0.3 is 14.2 Å². The van der Waals surface area contributed by atoms with E-state index < -0.39 is 0 Å². The predicted octanol–water partition coefficient (Wildman–Crippen LogP) is 24.0. The first-order valence-electron chi connectivity index (χ1n) is 29.6. The molecule has 3 heteroatoms. The lowest BCUT2D eigenvalue weighted by atomic mass is 9.93. The Hall–Kier alpha value is -9.44. The third-order valence-electron chi connectivity index (χ3n) is 17.0. The molecule has 0 spiro atoms. The van der Waals surface area contributed by atoms with Gasteiger partial charge in [0.05, 0.1) is 11.4 Å². The van der Waals surface area contributed by atoms with E-state index in [-0.39, 0.29) is 0 Å². The highest BCUT2D eigenvalue weighted by molar-refractivity contribution is 6.14. The number of furan rings is 1. The van der Waals surface area contributed by atoms with Crippen molar-refractivity contribution in [2.75, 3.05) is 9.80 Å². The van der Waals surface area contributed by atoms with Gasteiger partial charge in [-0.15, -0.1) is 0 Å². The van der Waals surface area contributed by atoms with Crippen LogP contribution in [0.3, 0.4) is 0 Å². The standard InChI is InChI=1S/C80H70N2O/c1-51(2)55-19-23-61(24-20-55)73-45-63(53(5)6)33-41-77(73)81(69-35-27-59(28-36-69)57-15-11-9-12-16-57)71-39-31-65-47-75-76-48-66-32-40-72(44-68(66)50-80(76)83-79(75)49-67(65)43-71)82(70-37-29-60(30-38-70)58-17-13-10-14-18-58)78-42-34-64(54(7)8)46-74(78)62-25-21-56(22-26-62)52(3)4/h9-54H,1-8H3. The zero-order valence-corrected chi connectivity index (χ0v) is 48.9. The number of anilines is 6. The molecule has 83 heavy (non-hydrogen) atoms. The summed E-state index contributed by atoms with van der Waals surface area (Å²) in [4.78, 5) is 4.87. The minimum atomic E-state index is 0.375. The molecular weight excluding hydrogens is 1000 g/mol. The summed E-state index contributed by atoms with van der Waals surface area (Å²) in [6.45, 7) is 18.1. The maximum Gasteiger partial charge on any atom is 0.136 e. The molecule has 1 heterocycles. The third kappa shape index (κ3) is 10.4. The van der Waals surface area contributed by atoms with Gasteiger partial charge in [0, 0.05) is 44.6 Å². The smallest absolute Gasteiger partial charge is 0.136 e. The number of fused-ring (bicyclic) bond motifs is 5. The van der Waals surface area contributed by atoms with E-state index >= 15 is 0 Å². The third-order valence-corrected chi connectivity index (χ3v) is 17.0. The summed E-state index contributed by atoms with van der Waals surface area (Å²) < 4.78 is 6.97. The van der Waals surface area contributed by atoms with Crippen LogP contribution in [0.15, 0.2) is 259 Å². The van der Waals surface area contributed by atoms with Gasteiger partial charge in [0.2, 0.25) is 0 Å². The molecule has 0 saturated heterocycles. The van der Waals surface area contributed by atoms with Gasteiger partial charge in [-0.2, -0.15) is 0 Å². The van der Waals surface area contributed by atoms with Crippen LogP contribution < -0.4 is 9.80 Å². The van der Waals surface area contributed by atoms with Crippen LogP contribution in [0.2, 0.25) is 0 Å². The molecule has 0 radical (unpaired) electrons. The Kier molecular flexibility index (Phi) is 14.1. The van der Waals surface area contributed by atoms with E-state index in [0.29, 0.717) is 23.7 Å². The van der Waals surface area contributed by atoms with Crippen molar-refractivity contribution in [3.63, 3.8) is 0 Å². The number of hydrogen-bond acceptors (Lipinski definition) is 3. The molecule has 0 aliphatic carbocycles. The van der Waals surface area contributed by atoms with Gasteiger partial charge in [-0.3, -0.25) is 0 Å². The van der Waals surface area contributed by atoms with Crippen molar-refractivity contribution < 1.29 is 4.42 Å². The van der Waals surface area contributed by atoms with Crippen LogP contribution >= 0.6 is 0 Å². The summed E-state index contributed by atoms with van der Waals surface area (Å²) in [5, 5.41) is 6.75. The molecule has 13 rings (SSSR count). The van der Waals surface area contributed by atoms with Crippen molar-refractivity contribution in [3.05, 3.63) is 277 Å². The van der Waals surface area contributed by atoms with Crippen LogP contribution in [0, 0.1) is 0 Å². The highest BCUT2D eigenvalue weighted by atomic mass is 16.3. The second-order valence-electron chi connectivity index (χ2n) is 23.8. The lowest BCUT2D eigenvalue weighted by Gasteiger charge is -2.29. The first-order chi connectivity index (χ1) is 40.4. The zero-order valence-electron chi connectivity index (χ0n) is 48.9. The second kappa shape index (κ2) is 22.1. The first kappa shape index (κ1) is 52.9. The van der Waals surface area contributed by atoms with Crippen molar-refractivity contribution in [2.24, 2.45) is 0 Å². The molecule has 0 bridgehead atoms. The largest absolute Gasteiger partial charge is 0.456 e. The molecule has 406 valence electrons. The average molecular weight is 1080 g/mol. The van der Waals surface area contributed by atoms with Gasteiger partial charge in [-0.05, 0) is 198 Å². The quantitative estimate of drug-likeness (QED) is 0.108. The molecule has 1 aromatic heterocycles. The maximum absolute atomic E-state index is 6.97. The van der Waals surface area contributed by atoms with E-state index in [2.05, 4.69) is 320 Å². The van der Waals surface area contributed by atoms with Gasteiger partial charge in [0.1, 0.15) is 11.2 Å². The molecule has 0 amide bonds. The summed E-state index contributed by atoms with van der Waals surface area (Å²) >= 11 is 0. The van der Waals surface area contributed by atoms with E-state index in [1.165, 1.54) is 66.8 Å². The van der Waals surface area contributed by atoms with Gasteiger partial charge >= 0.3 is 0 Å². The van der Waals surface area contributed by atoms with E-state index in [1.807, 2.05) is 0 Å². The van der Waals surface area contributed by atoms with Crippen molar-refractivity contribution in [1.29, 1.82) is 0 Å². The predicted molar refractivity (Wildman–Crippen MR) is 356 cm³/mol. The van der Waals surface area contributed by atoms with E-state index in [0.717, 1.165) is 77.6 Å². The van der Waals surface area contributed by atoms with E-state index in [1.54, 1.807) is 0 Å². The number of hydrogen-bond donors (Lipinski definition) is 0. The molecular formula is C80H70N2O. The van der Waals surface area contributed by atoms with Crippen LogP contribution in [-0.4, -0.2) is 0 Å². The highest BCUT2D eigenvalue weighted by Gasteiger charge is 2.23. The first-order valence-corrected chi connectivity index (χ1v) is 29.6. The van der Waals surface area contributed by atoms with Crippen molar-refractivity contribution in [1.82, 2.24) is 0 Å². The molecule has 0 atom stereocenters. The van der Waals surface area contributed by atoms with E-state index in [4.69, 9.17) is 4.42 Å². The zero-order chi connectivity index (χ0) is 56.9. The summed E-state index contributed by atoms with van der Waals surface area (Å²) in [6.07, 6.45) is 0. The summed E-state index contributed by atoms with van der Waals surface area (Å²) in [6, 6.07) is 94.6. The Balaban J connectivity index is 0.929. The minimum absolute atomic E-state index is 0.375. The molecule has 0 fully saturated rings. The topological polar surface area (TPSA) is 19.6 Å². The minimum Gasteiger partial charge on any atom is -0.456 e. The van der Waals surface area contributed by atoms with Crippen LogP contribution in [-0.2, 0) is 0 Å². The maximum atomic E-state index is 6.97. The van der Waals surface area contributed by atoms with Gasteiger partial charge in [0.25, 0.3) is 0 Å². The monoisotopic (exact) mass is 1070 g/mol. The SMILES string of the molecule is CC(C)c1ccc(-c2cc(C(C)C)ccc2N(c2ccc(-c3ccccc3)cc2)c2ccc3cc4c(cc3c2)oc2cc3cc(N(c5ccc(-c6ccccc6)cc5)c5ccc(C(C)C)cc5-c5ccc(C(C)C)cc5)ccc3cc24)cc1. The van der Waals surface area contributed by atoms with Gasteiger partial charge in [-0.25, -0.2) is 0 Å². The Morgan fingerprint density at radius 3 is 0.940 bits per heavy atom. The lowest BCUT2D eigenvalue weighted by molar-refractivity contribution is 0.670. The van der Waals surface area contributed by atoms with Crippen LogP contribution in [0.4, 0.5) is 34.1 Å². The molecule has 0 aliphatic heterocycles. The van der Waals surface area contributed by atoms with Crippen molar-refractivity contribution >= 4 is 77.6 Å². The normalized spacial score (nSPS) is 11.8. The fraction of sp³-hybridized carbons (Fsp3) is 0.150. The lowest BCUT2D eigenvalue weighted by Crippen LogP contribution is -2.11. The Morgan fingerprint density at radius 1 is 0.253 bits per heavy atom. The van der Waals surface area contributed by atoms with Gasteiger partial charge in [0.15, 0.2) is 0 Å². The Labute approximate surface area is 489 Å². The summed E-state index contributed by atoms with van der Waals surface area (Å²) in [5.41, 5.74) is 23.2. The molecule has 12 aromatic carbocycles. The van der Waals surface area contributed by atoms with Crippen LogP contribution in [0.5, 0.6) is 0 Å². The van der Waals surface area contributed by atoms with Crippen molar-refractivity contribution in [3.8, 4) is 44.5 Å². The Bertz CT molecular complexity index is 4170. The number of nitrogens with zero attached hydrogens (tertiary/aromatic N) is 2. The number of benzene rings is 12. The fourth-order valence-corrected chi connectivity index (χ4v) is 12.0. The molecule has 3 nitrogen and oxygen atoms in total. The fourth-order valence-electron chi connectivity index (χ4n) is 12.0. The van der Waals surface area contributed by atoms with Gasteiger partial charge in [-0.1, -0.05) is 213 Å². The molecule has 0 unspecified atom stereocenters. The summed E-state index contributed by atoms with van der Waals surface area (Å²) in [7, 11) is 0. The van der Waals surface area contributed by atoms with E-state index in [9.17, 15) is 0 Å². The van der Waals surface area contributed by atoms with Crippen LogP contribution in [0.25, 0.3) is 88.0 Å². The average Bonchev–Trinajstić information content (AvgIpc) is 4.03. The summed E-state index contributed by atoms with van der Waals surface area (Å²) in [5.74, 6) is 1.65. The molecule has 13 aromatic rings. The molecule has 0 N–H and O–H groups in total. The van der Waals surface area contributed by atoms with Crippen LogP contribution in [0.1, 0.15) is 101 Å².